The van der Waals surface area contributed by atoms with E-state index < -0.39 is 0 Å². The lowest BCUT2D eigenvalue weighted by Gasteiger charge is -2.13. The second kappa shape index (κ2) is 6.80. The van der Waals surface area contributed by atoms with Crippen LogP contribution >= 0.6 is 0 Å². The molecular formula is C16H18FNO2. The number of para-hydroxylation sites is 1. The van der Waals surface area contributed by atoms with Crippen LogP contribution in [0.2, 0.25) is 0 Å². The molecule has 20 heavy (non-hydrogen) atoms. The summed E-state index contributed by atoms with van der Waals surface area (Å²) in [5.74, 6) is 1.02. The second-order valence-corrected chi connectivity index (χ2v) is 4.24. The molecule has 0 amide bonds. The fourth-order valence-electron chi connectivity index (χ4n) is 1.95. The molecule has 0 aliphatic rings. The topological polar surface area (TPSA) is 30.5 Å². The van der Waals surface area contributed by atoms with Crippen LogP contribution < -0.4 is 14.8 Å². The van der Waals surface area contributed by atoms with Gasteiger partial charge >= 0.3 is 0 Å². The first-order valence-corrected chi connectivity index (χ1v) is 6.52. The van der Waals surface area contributed by atoms with Crippen LogP contribution in [-0.4, -0.2) is 13.7 Å². The van der Waals surface area contributed by atoms with Gasteiger partial charge in [-0.3, -0.25) is 0 Å². The highest BCUT2D eigenvalue weighted by Gasteiger charge is 2.06. The van der Waals surface area contributed by atoms with Crippen molar-refractivity contribution in [3.63, 3.8) is 0 Å². The molecule has 0 bridgehead atoms. The predicted octanol–water partition coefficient (Wildman–Crippen LogP) is 3.85. The number of hydrogen-bond donors (Lipinski definition) is 1. The maximum atomic E-state index is 13.1. The summed E-state index contributed by atoms with van der Waals surface area (Å²) >= 11 is 0. The molecule has 0 radical (unpaired) electrons. The third-order valence-electron chi connectivity index (χ3n) is 2.91. The smallest absolute Gasteiger partial charge is 0.144 e. The zero-order valence-electron chi connectivity index (χ0n) is 11.7. The Morgan fingerprint density at radius 3 is 2.65 bits per heavy atom. The highest BCUT2D eigenvalue weighted by atomic mass is 19.1. The first-order chi connectivity index (χ1) is 9.74. The lowest BCUT2D eigenvalue weighted by molar-refractivity contribution is 0.337. The Balaban J connectivity index is 2.13. The molecule has 0 atom stereocenters. The third-order valence-corrected chi connectivity index (χ3v) is 2.91. The largest absolute Gasteiger partial charge is 0.494 e. The van der Waals surface area contributed by atoms with E-state index in [0.717, 1.165) is 17.0 Å². The van der Waals surface area contributed by atoms with E-state index >= 15 is 0 Å². The normalized spacial score (nSPS) is 10.2. The number of anilines is 1. The van der Waals surface area contributed by atoms with Gasteiger partial charge in [0.2, 0.25) is 0 Å². The standard InChI is InChI=1S/C16H18FNO2/c1-3-20-15-7-5-4-6-12(15)11-18-14-9-8-13(17)10-16(14)19-2/h4-10,18H,3,11H2,1-2H3. The van der Waals surface area contributed by atoms with Crippen molar-refractivity contribution in [2.75, 3.05) is 19.0 Å². The summed E-state index contributed by atoms with van der Waals surface area (Å²) in [4.78, 5) is 0. The Hall–Kier alpha value is -2.23. The van der Waals surface area contributed by atoms with Crippen LogP contribution in [0.5, 0.6) is 11.5 Å². The number of ether oxygens (including phenoxy) is 2. The van der Waals surface area contributed by atoms with Crippen LogP contribution in [0, 0.1) is 5.82 Å². The quantitative estimate of drug-likeness (QED) is 0.868. The summed E-state index contributed by atoms with van der Waals surface area (Å²) in [5.41, 5.74) is 1.79. The molecular weight excluding hydrogens is 257 g/mol. The van der Waals surface area contributed by atoms with E-state index in [1.54, 1.807) is 6.07 Å². The minimum atomic E-state index is -0.317. The van der Waals surface area contributed by atoms with E-state index in [9.17, 15) is 4.39 Å². The van der Waals surface area contributed by atoms with Gasteiger partial charge in [-0.1, -0.05) is 18.2 Å². The van der Waals surface area contributed by atoms with Crippen molar-refractivity contribution in [2.45, 2.75) is 13.5 Å². The highest BCUT2D eigenvalue weighted by Crippen LogP contribution is 2.26. The van der Waals surface area contributed by atoms with Gasteiger partial charge in [0.1, 0.15) is 17.3 Å². The van der Waals surface area contributed by atoms with Crippen molar-refractivity contribution in [2.24, 2.45) is 0 Å². The molecule has 0 unspecified atom stereocenters. The number of benzene rings is 2. The lowest BCUT2D eigenvalue weighted by atomic mass is 10.2. The van der Waals surface area contributed by atoms with Crippen LogP contribution in [0.15, 0.2) is 42.5 Å². The van der Waals surface area contributed by atoms with E-state index in [2.05, 4.69) is 5.32 Å². The summed E-state index contributed by atoms with van der Waals surface area (Å²) in [6, 6.07) is 12.2. The molecule has 2 aromatic rings. The van der Waals surface area contributed by atoms with Crippen LogP contribution in [0.4, 0.5) is 10.1 Å². The third kappa shape index (κ3) is 3.41. The molecule has 2 aromatic carbocycles. The molecule has 0 fully saturated rings. The average molecular weight is 275 g/mol. The Morgan fingerprint density at radius 2 is 1.90 bits per heavy atom. The van der Waals surface area contributed by atoms with Gasteiger partial charge in [0.05, 0.1) is 19.4 Å². The van der Waals surface area contributed by atoms with Crippen LogP contribution in [-0.2, 0) is 6.54 Å². The van der Waals surface area contributed by atoms with Gasteiger partial charge in [-0.05, 0) is 25.1 Å². The Bertz CT molecular complexity index is 572. The van der Waals surface area contributed by atoms with Crippen molar-refractivity contribution in [1.29, 1.82) is 0 Å². The average Bonchev–Trinajstić information content (AvgIpc) is 2.47. The van der Waals surface area contributed by atoms with Crippen molar-refractivity contribution in [1.82, 2.24) is 0 Å². The molecule has 0 aliphatic carbocycles. The lowest BCUT2D eigenvalue weighted by Crippen LogP contribution is -2.04. The van der Waals surface area contributed by atoms with Crippen LogP contribution in [0.1, 0.15) is 12.5 Å². The van der Waals surface area contributed by atoms with Crippen LogP contribution in [0.3, 0.4) is 0 Å². The summed E-state index contributed by atoms with van der Waals surface area (Å²) in [6.07, 6.45) is 0. The van der Waals surface area contributed by atoms with Gasteiger partial charge < -0.3 is 14.8 Å². The van der Waals surface area contributed by atoms with Crippen molar-refractivity contribution in [3.05, 3.63) is 53.8 Å². The maximum absolute atomic E-state index is 13.1. The number of nitrogens with one attached hydrogen (secondary N) is 1. The second-order valence-electron chi connectivity index (χ2n) is 4.24. The Morgan fingerprint density at radius 1 is 1.10 bits per heavy atom. The molecule has 4 heteroatoms. The Labute approximate surface area is 118 Å². The molecule has 2 rings (SSSR count). The SMILES string of the molecule is CCOc1ccccc1CNc1ccc(F)cc1OC. The first-order valence-electron chi connectivity index (χ1n) is 6.52. The number of hydrogen-bond acceptors (Lipinski definition) is 3. The molecule has 0 aliphatic heterocycles. The molecule has 0 spiro atoms. The summed E-state index contributed by atoms with van der Waals surface area (Å²) < 4.78 is 23.9. The van der Waals surface area contributed by atoms with E-state index in [1.165, 1.54) is 19.2 Å². The van der Waals surface area contributed by atoms with E-state index in [1.807, 2.05) is 31.2 Å². The van der Waals surface area contributed by atoms with Crippen molar-refractivity contribution < 1.29 is 13.9 Å². The van der Waals surface area contributed by atoms with Crippen molar-refractivity contribution in [3.8, 4) is 11.5 Å². The summed E-state index contributed by atoms with van der Waals surface area (Å²) in [6.45, 7) is 3.16. The molecule has 0 saturated heterocycles. The molecule has 106 valence electrons. The van der Waals surface area contributed by atoms with E-state index in [0.29, 0.717) is 18.9 Å². The Kier molecular flexibility index (Phi) is 4.82. The van der Waals surface area contributed by atoms with Gasteiger partial charge in [0.15, 0.2) is 0 Å². The number of rotatable bonds is 6. The van der Waals surface area contributed by atoms with E-state index in [-0.39, 0.29) is 5.82 Å². The van der Waals surface area contributed by atoms with Gasteiger partial charge in [-0.2, -0.15) is 0 Å². The molecule has 0 saturated carbocycles. The van der Waals surface area contributed by atoms with Crippen molar-refractivity contribution >= 4 is 5.69 Å². The zero-order valence-corrected chi connectivity index (χ0v) is 11.7. The minimum absolute atomic E-state index is 0.317. The molecule has 3 nitrogen and oxygen atoms in total. The van der Waals surface area contributed by atoms with Gasteiger partial charge in [0.25, 0.3) is 0 Å². The molecule has 0 aromatic heterocycles. The highest BCUT2D eigenvalue weighted by molar-refractivity contribution is 5.57. The zero-order chi connectivity index (χ0) is 14.4. The monoisotopic (exact) mass is 275 g/mol. The minimum Gasteiger partial charge on any atom is -0.494 e. The van der Waals surface area contributed by atoms with Gasteiger partial charge in [0, 0.05) is 18.2 Å². The number of methoxy groups -OCH3 is 1. The predicted molar refractivity (Wildman–Crippen MR) is 77.9 cm³/mol. The number of halogens is 1. The summed E-state index contributed by atoms with van der Waals surface area (Å²) in [7, 11) is 1.52. The van der Waals surface area contributed by atoms with Crippen LogP contribution in [0.25, 0.3) is 0 Å². The van der Waals surface area contributed by atoms with E-state index in [4.69, 9.17) is 9.47 Å². The molecule has 1 N–H and O–H groups in total. The summed E-state index contributed by atoms with van der Waals surface area (Å²) in [5, 5.41) is 3.23. The first kappa shape index (κ1) is 14.2. The van der Waals surface area contributed by atoms with Gasteiger partial charge in [-0.25, -0.2) is 4.39 Å². The fraction of sp³-hybridized carbons (Fsp3) is 0.250. The maximum Gasteiger partial charge on any atom is 0.144 e. The molecule has 0 heterocycles. The fourth-order valence-corrected chi connectivity index (χ4v) is 1.95. The van der Waals surface area contributed by atoms with Gasteiger partial charge in [-0.15, -0.1) is 0 Å².